The number of nitrogens with one attached hydrogen (secondary N) is 2. The van der Waals surface area contributed by atoms with E-state index < -0.39 is 0 Å². The molecular formula is C24H27N5O2. The van der Waals surface area contributed by atoms with Gasteiger partial charge in [0.05, 0.1) is 5.69 Å². The predicted octanol–water partition coefficient (Wildman–Crippen LogP) is 3.18. The maximum absolute atomic E-state index is 12.9. The molecule has 1 aliphatic rings. The zero-order valence-corrected chi connectivity index (χ0v) is 17.8. The Balaban J connectivity index is 1.32. The fraction of sp³-hybridized carbons (Fsp3) is 0.292. The first-order valence-corrected chi connectivity index (χ1v) is 10.5. The van der Waals surface area contributed by atoms with Crippen LogP contribution < -0.4 is 10.2 Å². The van der Waals surface area contributed by atoms with Gasteiger partial charge in [-0.25, -0.2) is 0 Å². The van der Waals surface area contributed by atoms with Crippen LogP contribution in [0.3, 0.4) is 0 Å². The third kappa shape index (κ3) is 4.77. The third-order valence-electron chi connectivity index (χ3n) is 5.62. The standard InChI is InChI=1S/C24H27N5O2/c1-28(2)20-10-6-9-18(15-20)23(30)25-19-11-13-29(14-12-19)24(31)22-16-21(26-27-22)17-7-4-3-5-8-17/h3-10,15-16,19H,11-14H2,1-2H3,(H,25,30)(H,26,27). The van der Waals surface area contributed by atoms with Crippen molar-refractivity contribution in [3.63, 3.8) is 0 Å². The van der Waals surface area contributed by atoms with E-state index in [1.165, 1.54) is 0 Å². The Kier molecular flexibility index (Phi) is 6.02. The van der Waals surface area contributed by atoms with Crippen molar-refractivity contribution >= 4 is 17.5 Å². The molecule has 31 heavy (non-hydrogen) atoms. The molecule has 0 bridgehead atoms. The Morgan fingerprint density at radius 1 is 1.03 bits per heavy atom. The fourth-order valence-corrected chi connectivity index (χ4v) is 3.78. The van der Waals surface area contributed by atoms with Gasteiger partial charge in [-0.3, -0.25) is 14.7 Å². The van der Waals surface area contributed by atoms with Gasteiger partial charge in [0.2, 0.25) is 0 Å². The molecule has 0 spiro atoms. The molecule has 2 aromatic carbocycles. The van der Waals surface area contributed by atoms with Gasteiger partial charge in [-0.2, -0.15) is 5.10 Å². The molecule has 1 fully saturated rings. The number of hydrogen-bond acceptors (Lipinski definition) is 4. The van der Waals surface area contributed by atoms with Crippen LogP contribution >= 0.6 is 0 Å². The number of aromatic amines is 1. The molecule has 4 rings (SSSR count). The number of aromatic nitrogens is 2. The Morgan fingerprint density at radius 3 is 2.48 bits per heavy atom. The molecule has 7 nitrogen and oxygen atoms in total. The van der Waals surface area contributed by atoms with E-state index in [1.807, 2.05) is 78.5 Å². The summed E-state index contributed by atoms with van der Waals surface area (Å²) in [7, 11) is 3.90. The van der Waals surface area contributed by atoms with Crippen molar-refractivity contribution in [3.05, 3.63) is 71.9 Å². The van der Waals surface area contributed by atoms with Gasteiger partial charge < -0.3 is 15.1 Å². The first-order valence-electron chi connectivity index (χ1n) is 10.5. The third-order valence-corrected chi connectivity index (χ3v) is 5.62. The lowest BCUT2D eigenvalue weighted by Gasteiger charge is -2.32. The predicted molar refractivity (Wildman–Crippen MR) is 121 cm³/mol. The summed E-state index contributed by atoms with van der Waals surface area (Å²) < 4.78 is 0. The maximum atomic E-state index is 12.9. The van der Waals surface area contributed by atoms with Crippen LogP contribution in [0.1, 0.15) is 33.7 Å². The molecule has 3 aromatic rings. The molecule has 160 valence electrons. The average Bonchev–Trinajstić information content (AvgIpc) is 3.30. The van der Waals surface area contributed by atoms with E-state index in [4.69, 9.17) is 0 Å². The molecule has 2 heterocycles. The topological polar surface area (TPSA) is 81.3 Å². The molecule has 0 radical (unpaired) electrons. The second kappa shape index (κ2) is 9.04. The van der Waals surface area contributed by atoms with Crippen LogP contribution in [0.25, 0.3) is 11.3 Å². The average molecular weight is 418 g/mol. The quantitative estimate of drug-likeness (QED) is 0.668. The summed E-state index contributed by atoms with van der Waals surface area (Å²) >= 11 is 0. The molecule has 0 atom stereocenters. The molecule has 0 saturated carbocycles. The van der Waals surface area contributed by atoms with Gasteiger partial charge in [-0.15, -0.1) is 0 Å². The summed E-state index contributed by atoms with van der Waals surface area (Å²) in [5.74, 6) is -0.132. The molecule has 1 saturated heterocycles. The highest BCUT2D eigenvalue weighted by Crippen LogP contribution is 2.20. The van der Waals surface area contributed by atoms with Gasteiger partial charge in [-0.05, 0) is 37.1 Å². The van der Waals surface area contributed by atoms with Crippen LogP contribution in [0.15, 0.2) is 60.7 Å². The second-order valence-electron chi connectivity index (χ2n) is 8.02. The summed E-state index contributed by atoms with van der Waals surface area (Å²) in [5.41, 5.74) is 3.85. The minimum Gasteiger partial charge on any atom is -0.378 e. The van der Waals surface area contributed by atoms with E-state index >= 15 is 0 Å². The monoisotopic (exact) mass is 417 g/mol. The van der Waals surface area contributed by atoms with Crippen molar-refractivity contribution in [3.8, 4) is 11.3 Å². The Bertz CT molecular complexity index is 1050. The lowest BCUT2D eigenvalue weighted by atomic mass is 10.0. The van der Waals surface area contributed by atoms with E-state index in [2.05, 4.69) is 15.5 Å². The molecule has 2 N–H and O–H groups in total. The molecule has 1 aromatic heterocycles. The van der Waals surface area contributed by atoms with E-state index in [1.54, 1.807) is 6.07 Å². The molecular weight excluding hydrogens is 390 g/mol. The summed E-state index contributed by atoms with van der Waals surface area (Å²) in [6.07, 6.45) is 1.45. The van der Waals surface area contributed by atoms with Gasteiger partial charge in [0.15, 0.2) is 0 Å². The number of carbonyl (C=O) groups excluding carboxylic acids is 2. The van der Waals surface area contributed by atoms with Crippen molar-refractivity contribution in [1.29, 1.82) is 0 Å². The number of hydrogen-bond donors (Lipinski definition) is 2. The lowest BCUT2D eigenvalue weighted by Crippen LogP contribution is -2.46. The van der Waals surface area contributed by atoms with E-state index in [0.717, 1.165) is 29.8 Å². The maximum Gasteiger partial charge on any atom is 0.271 e. The number of likely N-dealkylation sites (tertiary alicyclic amines) is 1. The van der Waals surface area contributed by atoms with Crippen LogP contribution in [0, 0.1) is 0 Å². The summed E-state index contributed by atoms with van der Waals surface area (Å²) in [6.45, 7) is 1.20. The van der Waals surface area contributed by atoms with Crippen molar-refractivity contribution in [2.75, 3.05) is 32.1 Å². The Hall–Kier alpha value is -3.61. The van der Waals surface area contributed by atoms with Crippen molar-refractivity contribution < 1.29 is 9.59 Å². The highest BCUT2D eigenvalue weighted by molar-refractivity contribution is 5.95. The summed E-state index contributed by atoms with van der Waals surface area (Å²) in [5, 5.41) is 10.3. The number of rotatable bonds is 5. The SMILES string of the molecule is CN(C)c1cccc(C(=O)NC2CCN(C(=O)c3cc(-c4ccccc4)n[nH]3)CC2)c1. The van der Waals surface area contributed by atoms with Gasteiger partial charge in [0.1, 0.15) is 5.69 Å². The van der Waals surface area contributed by atoms with E-state index in [9.17, 15) is 9.59 Å². The minimum absolute atomic E-state index is 0.0567. The number of anilines is 1. The number of benzene rings is 2. The van der Waals surface area contributed by atoms with Gasteiger partial charge in [0, 0.05) is 50.0 Å². The van der Waals surface area contributed by atoms with Crippen LogP contribution in [0.2, 0.25) is 0 Å². The first-order chi connectivity index (χ1) is 15.0. The molecule has 7 heteroatoms. The van der Waals surface area contributed by atoms with Crippen LogP contribution in [-0.4, -0.2) is 60.1 Å². The molecule has 0 unspecified atom stereocenters. The smallest absolute Gasteiger partial charge is 0.271 e. The summed E-state index contributed by atoms with van der Waals surface area (Å²) in [4.78, 5) is 29.3. The molecule has 2 amide bonds. The number of carbonyl (C=O) groups is 2. The number of piperidine rings is 1. The number of amides is 2. The Labute approximate surface area is 182 Å². The highest BCUT2D eigenvalue weighted by atomic mass is 16.2. The summed E-state index contributed by atoms with van der Waals surface area (Å²) in [6, 6.07) is 19.2. The minimum atomic E-state index is -0.0745. The Morgan fingerprint density at radius 2 is 1.77 bits per heavy atom. The van der Waals surface area contributed by atoms with Crippen LogP contribution in [0.4, 0.5) is 5.69 Å². The van der Waals surface area contributed by atoms with Crippen LogP contribution in [-0.2, 0) is 0 Å². The lowest BCUT2D eigenvalue weighted by molar-refractivity contribution is 0.0692. The van der Waals surface area contributed by atoms with E-state index in [0.29, 0.717) is 24.3 Å². The molecule has 1 aliphatic heterocycles. The van der Waals surface area contributed by atoms with Gasteiger partial charge in [0.25, 0.3) is 11.8 Å². The highest BCUT2D eigenvalue weighted by Gasteiger charge is 2.26. The normalized spacial score (nSPS) is 14.3. The first kappa shape index (κ1) is 20.7. The van der Waals surface area contributed by atoms with Crippen molar-refractivity contribution in [2.45, 2.75) is 18.9 Å². The number of H-pyrrole nitrogens is 1. The zero-order valence-electron chi connectivity index (χ0n) is 17.8. The fourth-order valence-electron chi connectivity index (χ4n) is 3.78. The largest absolute Gasteiger partial charge is 0.378 e. The van der Waals surface area contributed by atoms with Crippen molar-refractivity contribution in [1.82, 2.24) is 20.4 Å². The second-order valence-corrected chi connectivity index (χ2v) is 8.02. The molecule has 0 aliphatic carbocycles. The van der Waals surface area contributed by atoms with Gasteiger partial charge in [-0.1, -0.05) is 36.4 Å². The van der Waals surface area contributed by atoms with Crippen molar-refractivity contribution in [2.24, 2.45) is 0 Å². The van der Waals surface area contributed by atoms with Gasteiger partial charge >= 0.3 is 0 Å². The van der Waals surface area contributed by atoms with E-state index in [-0.39, 0.29) is 17.9 Å². The van der Waals surface area contributed by atoms with Crippen LogP contribution in [0.5, 0.6) is 0 Å². The zero-order chi connectivity index (χ0) is 21.8. The number of nitrogens with zero attached hydrogens (tertiary/aromatic N) is 3.